The number of hydrogen-bond donors (Lipinski definition) is 2. The first-order valence-electron chi connectivity index (χ1n) is 3.68. The molecule has 1 aromatic rings. The molecule has 66 valence electrons. The van der Waals surface area contributed by atoms with Crippen molar-refractivity contribution in [2.75, 3.05) is 0 Å². The zero-order valence-corrected chi connectivity index (χ0v) is 6.91. The Labute approximate surface area is 70.5 Å². The van der Waals surface area contributed by atoms with Crippen LogP contribution in [0.15, 0.2) is 16.7 Å². The standard InChI is InChI=1S/C8H12N2O2/c1-5-2-7(12-4-5)6(9)3-8(10)11/h2,4,6H,3,9H2,1H3,(H2,10,11)/t6-/m0/s1. The van der Waals surface area contributed by atoms with Crippen LogP contribution in [-0.2, 0) is 4.79 Å². The Hall–Kier alpha value is -1.29. The van der Waals surface area contributed by atoms with Gasteiger partial charge in [-0.2, -0.15) is 0 Å². The third kappa shape index (κ3) is 2.10. The van der Waals surface area contributed by atoms with E-state index in [4.69, 9.17) is 15.9 Å². The summed E-state index contributed by atoms with van der Waals surface area (Å²) >= 11 is 0. The first-order chi connectivity index (χ1) is 5.59. The van der Waals surface area contributed by atoms with Crippen molar-refractivity contribution < 1.29 is 9.21 Å². The average molecular weight is 168 g/mol. The summed E-state index contributed by atoms with van der Waals surface area (Å²) < 4.78 is 5.09. The zero-order chi connectivity index (χ0) is 9.14. The molecule has 1 amide bonds. The molecule has 1 heterocycles. The van der Waals surface area contributed by atoms with Crippen LogP contribution in [-0.4, -0.2) is 5.91 Å². The van der Waals surface area contributed by atoms with Crippen LogP contribution in [0.1, 0.15) is 23.8 Å². The highest BCUT2D eigenvalue weighted by Crippen LogP contribution is 2.16. The molecule has 0 aliphatic rings. The molecule has 0 bridgehead atoms. The van der Waals surface area contributed by atoms with Crippen molar-refractivity contribution >= 4 is 5.91 Å². The Morgan fingerprint density at radius 1 is 1.75 bits per heavy atom. The monoisotopic (exact) mass is 168 g/mol. The molecule has 0 saturated heterocycles. The molecule has 12 heavy (non-hydrogen) atoms. The van der Waals surface area contributed by atoms with Crippen molar-refractivity contribution in [3.63, 3.8) is 0 Å². The molecular formula is C8H12N2O2. The summed E-state index contributed by atoms with van der Waals surface area (Å²) in [6.07, 6.45) is 1.71. The van der Waals surface area contributed by atoms with E-state index < -0.39 is 11.9 Å². The molecule has 0 aliphatic heterocycles. The first-order valence-corrected chi connectivity index (χ1v) is 3.68. The van der Waals surface area contributed by atoms with E-state index in [9.17, 15) is 4.79 Å². The predicted molar refractivity (Wildman–Crippen MR) is 44.2 cm³/mol. The van der Waals surface area contributed by atoms with E-state index in [1.54, 1.807) is 12.3 Å². The SMILES string of the molecule is Cc1coc([C@@H](N)CC(N)=O)c1. The van der Waals surface area contributed by atoms with Crippen LogP contribution in [0.25, 0.3) is 0 Å². The highest BCUT2D eigenvalue weighted by Gasteiger charge is 2.12. The zero-order valence-electron chi connectivity index (χ0n) is 6.91. The van der Waals surface area contributed by atoms with Crippen LogP contribution in [0, 0.1) is 6.92 Å². The van der Waals surface area contributed by atoms with Crippen molar-refractivity contribution in [3.05, 3.63) is 23.7 Å². The molecule has 1 atom stereocenters. The number of carbonyl (C=O) groups is 1. The van der Waals surface area contributed by atoms with Crippen LogP contribution in [0.5, 0.6) is 0 Å². The topological polar surface area (TPSA) is 82.2 Å². The van der Waals surface area contributed by atoms with E-state index in [2.05, 4.69) is 0 Å². The molecule has 0 radical (unpaired) electrons. The normalized spacial score (nSPS) is 12.8. The summed E-state index contributed by atoms with van der Waals surface area (Å²) in [5.74, 6) is 0.183. The van der Waals surface area contributed by atoms with Crippen LogP contribution in [0.3, 0.4) is 0 Å². The summed E-state index contributed by atoms with van der Waals surface area (Å²) in [6, 6.07) is 1.38. The molecule has 0 aliphatic carbocycles. The molecule has 4 nitrogen and oxygen atoms in total. The minimum Gasteiger partial charge on any atom is -0.467 e. The molecular weight excluding hydrogens is 156 g/mol. The quantitative estimate of drug-likeness (QED) is 0.688. The second-order valence-corrected chi connectivity index (χ2v) is 2.80. The summed E-state index contributed by atoms with van der Waals surface area (Å²) in [5.41, 5.74) is 11.6. The Balaban J connectivity index is 2.64. The highest BCUT2D eigenvalue weighted by molar-refractivity contribution is 5.74. The number of furan rings is 1. The lowest BCUT2D eigenvalue weighted by Gasteiger charge is -2.03. The van der Waals surface area contributed by atoms with E-state index in [-0.39, 0.29) is 6.42 Å². The Morgan fingerprint density at radius 3 is 2.83 bits per heavy atom. The van der Waals surface area contributed by atoms with E-state index >= 15 is 0 Å². The van der Waals surface area contributed by atoms with Gasteiger partial charge in [-0.3, -0.25) is 4.79 Å². The van der Waals surface area contributed by atoms with Gasteiger partial charge in [-0.05, 0) is 18.6 Å². The molecule has 0 saturated carbocycles. The fourth-order valence-corrected chi connectivity index (χ4v) is 0.965. The molecule has 0 aromatic carbocycles. The highest BCUT2D eigenvalue weighted by atomic mass is 16.3. The number of nitrogens with two attached hydrogens (primary N) is 2. The van der Waals surface area contributed by atoms with Crippen molar-refractivity contribution in [1.82, 2.24) is 0 Å². The van der Waals surface area contributed by atoms with Crippen LogP contribution in [0.2, 0.25) is 0 Å². The van der Waals surface area contributed by atoms with Crippen LogP contribution < -0.4 is 11.5 Å². The van der Waals surface area contributed by atoms with E-state index in [0.717, 1.165) is 5.56 Å². The summed E-state index contributed by atoms with van der Waals surface area (Å²) in [5, 5.41) is 0. The first kappa shape index (κ1) is 8.80. The summed E-state index contributed by atoms with van der Waals surface area (Å²) in [6.45, 7) is 1.89. The minimum absolute atomic E-state index is 0.118. The molecule has 0 spiro atoms. The number of aryl methyl sites for hydroxylation is 1. The lowest BCUT2D eigenvalue weighted by atomic mass is 10.1. The van der Waals surface area contributed by atoms with Crippen molar-refractivity contribution in [2.24, 2.45) is 11.5 Å². The lowest BCUT2D eigenvalue weighted by molar-refractivity contribution is -0.118. The van der Waals surface area contributed by atoms with Gasteiger partial charge in [0.05, 0.1) is 12.3 Å². The van der Waals surface area contributed by atoms with E-state index in [0.29, 0.717) is 5.76 Å². The van der Waals surface area contributed by atoms with Gasteiger partial charge in [0.1, 0.15) is 5.76 Å². The van der Waals surface area contributed by atoms with Gasteiger partial charge in [-0.25, -0.2) is 0 Å². The van der Waals surface area contributed by atoms with Gasteiger partial charge in [0.15, 0.2) is 0 Å². The molecule has 4 heteroatoms. The second-order valence-electron chi connectivity index (χ2n) is 2.80. The molecule has 0 unspecified atom stereocenters. The maximum atomic E-state index is 10.5. The molecule has 1 aromatic heterocycles. The third-order valence-electron chi connectivity index (χ3n) is 1.54. The van der Waals surface area contributed by atoms with Gasteiger partial charge >= 0.3 is 0 Å². The van der Waals surface area contributed by atoms with Gasteiger partial charge in [0.25, 0.3) is 0 Å². The minimum atomic E-state index is -0.420. The lowest BCUT2D eigenvalue weighted by Crippen LogP contribution is -2.20. The number of hydrogen-bond acceptors (Lipinski definition) is 3. The number of amides is 1. The molecule has 1 rings (SSSR count). The van der Waals surface area contributed by atoms with E-state index in [1.807, 2.05) is 6.92 Å². The smallest absolute Gasteiger partial charge is 0.219 e. The number of carbonyl (C=O) groups excluding carboxylic acids is 1. The number of primary amides is 1. The summed E-state index contributed by atoms with van der Waals surface area (Å²) in [7, 11) is 0. The Bertz CT molecular complexity index is 280. The maximum absolute atomic E-state index is 10.5. The van der Waals surface area contributed by atoms with Gasteiger partial charge < -0.3 is 15.9 Å². The Morgan fingerprint density at radius 2 is 2.42 bits per heavy atom. The maximum Gasteiger partial charge on any atom is 0.219 e. The molecule has 0 fully saturated rings. The fraction of sp³-hybridized carbons (Fsp3) is 0.375. The largest absolute Gasteiger partial charge is 0.467 e. The van der Waals surface area contributed by atoms with Gasteiger partial charge in [-0.1, -0.05) is 0 Å². The van der Waals surface area contributed by atoms with Crippen molar-refractivity contribution in [2.45, 2.75) is 19.4 Å². The van der Waals surface area contributed by atoms with Crippen molar-refractivity contribution in [1.29, 1.82) is 0 Å². The number of rotatable bonds is 3. The van der Waals surface area contributed by atoms with Crippen LogP contribution >= 0.6 is 0 Å². The van der Waals surface area contributed by atoms with Gasteiger partial charge in [0.2, 0.25) is 5.91 Å². The van der Waals surface area contributed by atoms with Crippen LogP contribution in [0.4, 0.5) is 0 Å². The predicted octanol–water partition coefficient (Wildman–Crippen LogP) is 0.463. The van der Waals surface area contributed by atoms with Gasteiger partial charge in [-0.15, -0.1) is 0 Å². The summed E-state index contributed by atoms with van der Waals surface area (Å²) in [4.78, 5) is 10.5. The molecule has 4 N–H and O–H groups in total. The second kappa shape index (κ2) is 3.40. The van der Waals surface area contributed by atoms with Crippen molar-refractivity contribution in [3.8, 4) is 0 Å². The fourth-order valence-electron chi connectivity index (χ4n) is 0.965. The average Bonchev–Trinajstić information content (AvgIpc) is 2.34. The van der Waals surface area contributed by atoms with E-state index in [1.165, 1.54) is 0 Å². The third-order valence-corrected chi connectivity index (χ3v) is 1.54. The van der Waals surface area contributed by atoms with Gasteiger partial charge in [0, 0.05) is 6.42 Å². The Kier molecular flexibility index (Phi) is 2.50.